The van der Waals surface area contributed by atoms with Gasteiger partial charge in [-0.15, -0.1) is 0 Å². The van der Waals surface area contributed by atoms with Crippen LogP contribution in [0, 0.1) is 12.8 Å². The quantitative estimate of drug-likeness (QED) is 0.827. The molecule has 1 fully saturated rings. The van der Waals surface area contributed by atoms with Gasteiger partial charge in [-0.3, -0.25) is 4.68 Å². The molecule has 15 heavy (non-hydrogen) atoms. The van der Waals surface area contributed by atoms with Crippen molar-refractivity contribution >= 4 is 5.97 Å². The van der Waals surface area contributed by atoms with Crippen LogP contribution in [0.25, 0.3) is 0 Å². The summed E-state index contributed by atoms with van der Waals surface area (Å²) < 4.78 is 1.83. The van der Waals surface area contributed by atoms with Crippen molar-refractivity contribution in [2.75, 3.05) is 0 Å². The molecule has 0 bridgehead atoms. The first-order chi connectivity index (χ1) is 7.18. The summed E-state index contributed by atoms with van der Waals surface area (Å²) in [7, 11) is 0. The van der Waals surface area contributed by atoms with Crippen molar-refractivity contribution in [3.63, 3.8) is 0 Å². The third-order valence-corrected chi connectivity index (χ3v) is 3.24. The van der Waals surface area contributed by atoms with Gasteiger partial charge in [-0.2, -0.15) is 5.10 Å². The minimum Gasteiger partial charge on any atom is -0.478 e. The predicted octanol–water partition coefficient (Wildman–Crippen LogP) is 2.08. The van der Waals surface area contributed by atoms with Crippen LogP contribution in [0.3, 0.4) is 0 Å². The summed E-state index contributed by atoms with van der Waals surface area (Å²) in [5, 5.41) is 13.0. The minimum atomic E-state index is -0.884. The molecule has 0 unspecified atom stereocenters. The standard InChI is InChI=1S/C11H16N2O2/c1-8-10(11(14)15)6-12-13(8)7-9-4-2-3-5-9/h6,9H,2-5,7H2,1H3,(H,14,15). The molecule has 1 aromatic heterocycles. The first-order valence-electron chi connectivity index (χ1n) is 5.44. The van der Waals surface area contributed by atoms with Gasteiger partial charge in [0, 0.05) is 12.2 Å². The molecule has 0 aliphatic heterocycles. The Bertz CT molecular complexity index is 365. The van der Waals surface area contributed by atoms with E-state index in [0.29, 0.717) is 11.5 Å². The fourth-order valence-corrected chi connectivity index (χ4v) is 2.28. The van der Waals surface area contributed by atoms with E-state index in [0.717, 1.165) is 12.2 Å². The lowest BCUT2D eigenvalue weighted by atomic mass is 10.1. The van der Waals surface area contributed by atoms with Gasteiger partial charge in [-0.25, -0.2) is 4.79 Å². The third-order valence-electron chi connectivity index (χ3n) is 3.24. The predicted molar refractivity (Wildman–Crippen MR) is 55.9 cm³/mol. The first-order valence-corrected chi connectivity index (χ1v) is 5.44. The van der Waals surface area contributed by atoms with E-state index in [9.17, 15) is 4.79 Å². The maximum Gasteiger partial charge on any atom is 0.339 e. The lowest BCUT2D eigenvalue weighted by Gasteiger charge is -2.10. The summed E-state index contributed by atoms with van der Waals surface area (Å²) in [5.74, 6) is -0.199. The molecule has 0 atom stereocenters. The van der Waals surface area contributed by atoms with Crippen LogP contribution in [0.1, 0.15) is 41.7 Å². The smallest absolute Gasteiger partial charge is 0.339 e. The zero-order valence-electron chi connectivity index (χ0n) is 8.94. The largest absolute Gasteiger partial charge is 0.478 e. The Balaban J connectivity index is 2.11. The molecule has 2 rings (SSSR count). The van der Waals surface area contributed by atoms with E-state index in [4.69, 9.17) is 5.11 Å². The molecule has 4 heteroatoms. The normalized spacial score (nSPS) is 17.1. The SMILES string of the molecule is Cc1c(C(=O)O)cnn1CC1CCCC1. The lowest BCUT2D eigenvalue weighted by molar-refractivity contribution is 0.0696. The minimum absolute atomic E-state index is 0.327. The maximum atomic E-state index is 10.8. The van der Waals surface area contributed by atoms with Gasteiger partial charge < -0.3 is 5.11 Å². The van der Waals surface area contributed by atoms with Crippen molar-refractivity contribution < 1.29 is 9.90 Å². The molecule has 0 saturated heterocycles. The van der Waals surface area contributed by atoms with Gasteiger partial charge in [0.05, 0.1) is 6.20 Å². The van der Waals surface area contributed by atoms with E-state index in [-0.39, 0.29) is 0 Å². The highest BCUT2D eigenvalue weighted by Crippen LogP contribution is 2.26. The first kappa shape index (κ1) is 10.2. The molecule has 0 spiro atoms. The monoisotopic (exact) mass is 208 g/mol. The maximum absolute atomic E-state index is 10.8. The van der Waals surface area contributed by atoms with Gasteiger partial charge in [-0.1, -0.05) is 12.8 Å². The second-order valence-electron chi connectivity index (χ2n) is 4.28. The van der Waals surface area contributed by atoms with Crippen LogP contribution in [0.15, 0.2) is 6.20 Å². The Morgan fingerprint density at radius 3 is 2.80 bits per heavy atom. The number of carboxylic acids is 1. The average Bonchev–Trinajstić information content (AvgIpc) is 2.78. The number of carbonyl (C=O) groups is 1. The highest BCUT2D eigenvalue weighted by Gasteiger charge is 2.19. The van der Waals surface area contributed by atoms with E-state index >= 15 is 0 Å². The molecular weight excluding hydrogens is 192 g/mol. The molecule has 1 saturated carbocycles. The number of rotatable bonds is 3. The van der Waals surface area contributed by atoms with E-state index in [1.807, 2.05) is 11.6 Å². The summed E-state index contributed by atoms with van der Waals surface area (Å²) in [5.41, 5.74) is 1.10. The molecule has 1 aliphatic rings. The molecule has 1 N–H and O–H groups in total. The van der Waals surface area contributed by atoms with Crippen molar-refractivity contribution in [1.29, 1.82) is 0 Å². The van der Waals surface area contributed by atoms with Crippen molar-refractivity contribution in [2.45, 2.75) is 39.2 Å². The Morgan fingerprint density at radius 2 is 2.27 bits per heavy atom. The molecule has 0 radical (unpaired) electrons. The molecule has 4 nitrogen and oxygen atoms in total. The van der Waals surface area contributed by atoms with Gasteiger partial charge in [0.15, 0.2) is 0 Å². The topological polar surface area (TPSA) is 55.1 Å². The van der Waals surface area contributed by atoms with E-state index in [1.54, 1.807) is 0 Å². The number of aromatic carboxylic acids is 1. The van der Waals surface area contributed by atoms with E-state index in [1.165, 1.54) is 31.9 Å². The van der Waals surface area contributed by atoms with Gasteiger partial charge >= 0.3 is 5.97 Å². The fraction of sp³-hybridized carbons (Fsp3) is 0.636. The second kappa shape index (κ2) is 4.04. The molecular formula is C11H16N2O2. The van der Waals surface area contributed by atoms with Crippen molar-refractivity contribution in [3.8, 4) is 0 Å². The Morgan fingerprint density at radius 1 is 1.60 bits per heavy atom. The van der Waals surface area contributed by atoms with Crippen molar-refractivity contribution in [2.24, 2.45) is 5.92 Å². The van der Waals surface area contributed by atoms with Crippen LogP contribution in [-0.4, -0.2) is 20.9 Å². The van der Waals surface area contributed by atoms with E-state index < -0.39 is 5.97 Å². The van der Waals surface area contributed by atoms with Crippen molar-refractivity contribution in [3.05, 3.63) is 17.5 Å². The zero-order chi connectivity index (χ0) is 10.8. The Labute approximate surface area is 88.9 Å². The summed E-state index contributed by atoms with van der Waals surface area (Å²) >= 11 is 0. The Hall–Kier alpha value is -1.32. The molecule has 1 aliphatic carbocycles. The lowest BCUT2D eigenvalue weighted by Crippen LogP contribution is -2.11. The van der Waals surface area contributed by atoms with Gasteiger partial charge in [0.2, 0.25) is 0 Å². The molecule has 1 aromatic rings. The number of hydrogen-bond donors (Lipinski definition) is 1. The number of hydrogen-bond acceptors (Lipinski definition) is 2. The van der Waals surface area contributed by atoms with Crippen LogP contribution in [0.5, 0.6) is 0 Å². The molecule has 82 valence electrons. The highest BCUT2D eigenvalue weighted by molar-refractivity contribution is 5.88. The number of aromatic nitrogens is 2. The summed E-state index contributed by atoms with van der Waals surface area (Å²) in [6.07, 6.45) is 6.56. The van der Waals surface area contributed by atoms with Crippen molar-refractivity contribution in [1.82, 2.24) is 9.78 Å². The van der Waals surface area contributed by atoms with Crippen LogP contribution >= 0.6 is 0 Å². The number of nitrogens with zero attached hydrogens (tertiary/aromatic N) is 2. The van der Waals surface area contributed by atoms with Crippen LogP contribution < -0.4 is 0 Å². The van der Waals surface area contributed by atoms with Gasteiger partial charge in [0.1, 0.15) is 5.56 Å². The fourth-order valence-electron chi connectivity index (χ4n) is 2.28. The molecule has 0 amide bonds. The van der Waals surface area contributed by atoms with Gasteiger partial charge in [0.25, 0.3) is 0 Å². The molecule has 0 aromatic carbocycles. The summed E-state index contributed by atoms with van der Waals surface area (Å²) in [6.45, 7) is 2.70. The average molecular weight is 208 g/mol. The summed E-state index contributed by atoms with van der Waals surface area (Å²) in [6, 6.07) is 0. The second-order valence-corrected chi connectivity index (χ2v) is 4.28. The number of carboxylic acid groups (broad SMARTS) is 1. The van der Waals surface area contributed by atoms with Crippen LogP contribution in [-0.2, 0) is 6.54 Å². The van der Waals surface area contributed by atoms with Crippen LogP contribution in [0.2, 0.25) is 0 Å². The zero-order valence-corrected chi connectivity index (χ0v) is 8.94. The van der Waals surface area contributed by atoms with Gasteiger partial charge in [-0.05, 0) is 25.7 Å². The summed E-state index contributed by atoms with van der Waals surface area (Å²) in [4.78, 5) is 10.8. The molecule has 1 heterocycles. The highest BCUT2D eigenvalue weighted by atomic mass is 16.4. The van der Waals surface area contributed by atoms with E-state index in [2.05, 4.69) is 5.10 Å². The van der Waals surface area contributed by atoms with Crippen LogP contribution in [0.4, 0.5) is 0 Å². The third kappa shape index (κ3) is 2.03. The Kier molecular flexibility index (Phi) is 2.75.